The molecule has 1 radical (unpaired) electrons. The van der Waals surface area contributed by atoms with Gasteiger partial charge in [0.25, 0.3) is 0 Å². The highest BCUT2D eigenvalue weighted by Crippen LogP contribution is 2.37. The summed E-state index contributed by atoms with van der Waals surface area (Å²) in [4.78, 5) is 0. The molecule has 0 aromatic rings. The monoisotopic (exact) mass is 140 g/mol. The molecule has 0 unspecified atom stereocenters. The standard InChI is InChI=1S/C9H18N/c1-8-4-3-5-9(2,6-8)7-10/h8H,2-7,10H2,1H3/t8-,9-/m1/s1. The maximum atomic E-state index is 5.64. The van der Waals surface area contributed by atoms with Crippen molar-refractivity contribution in [2.24, 2.45) is 17.1 Å². The first kappa shape index (κ1) is 8.06. The van der Waals surface area contributed by atoms with Crippen molar-refractivity contribution in [2.45, 2.75) is 32.6 Å². The topological polar surface area (TPSA) is 26.0 Å². The zero-order valence-electron chi connectivity index (χ0n) is 6.90. The van der Waals surface area contributed by atoms with Crippen LogP contribution in [0.4, 0.5) is 0 Å². The highest BCUT2D eigenvalue weighted by Gasteiger charge is 2.28. The SMILES string of the molecule is [CH2][C@@]1(CN)CCC[C@@H](C)C1. The lowest BCUT2D eigenvalue weighted by Crippen LogP contribution is -2.32. The van der Waals surface area contributed by atoms with E-state index in [2.05, 4.69) is 13.8 Å². The summed E-state index contributed by atoms with van der Waals surface area (Å²) in [6.45, 7) is 7.23. The molecule has 0 heterocycles. The van der Waals surface area contributed by atoms with Gasteiger partial charge in [-0.05, 0) is 37.6 Å². The smallest absolute Gasteiger partial charge is 0.00204 e. The second kappa shape index (κ2) is 2.91. The number of nitrogens with two attached hydrogens (primary N) is 1. The van der Waals surface area contributed by atoms with E-state index in [0.29, 0.717) is 0 Å². The Bertz CT molecular complexity index is 111. The molecule has 1 heteroatoms. The number of rotatable bonds is 1. The summed E-state index contributed by atoms with van der Waals surface area (Å²) in [5.74, 6) is 0.842. The number of hydrogen-bond donors (Lipinski definition) is 1. The lowest BCUT2D eigenvalue weighted by atomic mass is 9.71. The molecule has 2 atom stereocenters. The van der Waals surface area contributed by atoms with Gasteiger partial charge in [0.15, 0.2) is 0 Å². The molecule has 0 aromatic heterocycles. The molecule has 0 aromatic carbocycles. The Labute approximate surface area is 64.0 Å². The van der Waals surface area contributed by atoms with E-state index in [9.17, 15) is 0 Å². The summed E-state index contributed by atoms with van der Waals surface area (Å²) in [6, 6.07) is 0. The molecular formula is C9H18N. The molecule has 0 bridgehead atoms. The lowest BCUT2D eigenvalue weighted by Gasteiger charge is -2.35. The van der Waals surface area contributed by atoms with Gasteiger partial charge in [-0.3, -0.25) is 0 Å². The van der Waals surface area contributed by atoms with Crippen LogP contribution in [0.15, 0.2) is 0 Å². The van der Waals surface area contributed by atoms with Gasteiger partial charge >= 0.3 is 0 Å². The van der Waals surface area contributed by atoms with Crippen LogP contribution in [0.1, 0.15) is 32.6 Å². The first-order valence-corrected chi connectivity index (χ1v) is 4.22. The summed E-state index contributed by atoms with van der Waals surface area (Å²) in [5, 5.41) is 0. The van der Waals surface area contributed by atoms with Crippen LogP contribution in [0.2, 0.25) is 0 Å². The van der Waals surface area contributed by atoms with E-state index in [4.69, 9.17) is 5.73 Å². The van der Waals surface area contributed by atoms with Crippen molar-refractivity contribution in [1.82, 2.24) is 0 Å². The average Bonchev–Trinajstić information content (AvgIpc) is 1.88. The van der Waals surface area contributed by atoms with E-state index in [0.717, 1.165) is 12.5 Å². The summed E-state index contributed by atoms with van der Waals surface area (Å²) in [7, 11) is 0. The minimum Gasteiger partial charge on any atom is -0.330 e. The van der Waals surface area contributed by atoms with Crippen LogP contribution in [0.3, 0.4) is 0 Å². The third kappa shape index (κ3) is 1.72. The fourth-order valence-corrected chi connectivity index (χ4v) is 1.95. The maximum Gasteiger partial charge on any atom is -0.00204 e. The maximum absolute atomic E-state index is 5.64. The van der Waals surface area contributed by atoms with Gasteiger partial charge in [0.1, 0.15) is 0 Å². The van der Waals surface area contributed by atoms with Crippen LogP contribution in [0.5, 0.6) is 0 Å². The summed E-state index contributed by atoms with van der Waals surface area (Å²) < 4.78 is 0. The predicted octanol–water partition coefficient (Wildman–Crippen LogP) is 1.98. The molecule has 2 N–H and O–H groups in total. The highest BCUT2D eigenvalue weighted by atomic mass is 14.6. The molecular weight excluding hydrogens is 122 g/mol. The minimum atomic E-state index is 0.220. The van der Waals surface area contributed by atoms with Crippen molar-refractivity contribution in [3.05, 3.63) is 6.92 Å². The van der Waals surface area contributed by atoms with Crippen molar-refractivity contribution in [2.75, 3.05) is 6.54 Å². The van der Waals surface area contributed by atoms with Crippen LogP contribution in [0, 0.1) is 18.3 Å². The molecule has 10 heavy (non-hydrogen) atoms. The Morgan fingerprint density at radius 2 is 2.40 bits per heavy atom. The van der Waals surface area contributed by atoms with Crippen LogP contribution in [-0.2, 0) is 0 Å². The fraction of sp³-hybridized carbons (Fsp3) is 0.889. The molecule has 1 nitrogen and oxygen atoms in total. The Morgan fingerprint density at radius 3 is 2.80 bits per heavy atom. The summed E-state index contributed by atoms with van der Waals surface area (Å²) in [6.07, 6.45) is 5.15. The average molecular weight is 140 g/mol. The summed E-state index contributed by atoms with van der Waals surface area (Å²) in [5.41, 5.74) is 5.86. The fourth-order valence-electron chi connectivity index (χ4n) is 1.95. The van der Waals surface area contributed by atoms with Crippen molar-refractivity contribution < 1.29 is 0 Å². The predicted molar refractivity (Wildman–Crippen MR) is 44.5 cm³/mol. The van der Waals surface area contributed by atoms with Crippen molar-refractivity contribution in [1.29, 1.82) is 0 Å². The van der Waals surface area contributed by atoms with E-state index in [1.807, 2.05) is 0 Å². The van der Waals surface area contributed by atoms with Gasteiger partial charge in [0.2, 0.25) is 0 Å². The molecule has 1 saturated carbocycles. The van der Waals surface area contributed by atoms with Crippen LogP contribution in [-0.4, -0.2) is 6.54 Å². The molecule has 1 aliphatic rings. The molecule has 0 spiro atoms. The largest absolute Gasteiger partial charge is 0.330 e. The third-order valence-electron chi connectivity index (χ3n) is 2.62. The van der Waals surface area contributed by atoms with Crippen LogP contribution in [0.25, 0.3) is 0 Å². The summed E-state index contributed by atoms with van der Waals surface area (Å²) >= 11 is 0. The first-order valence-electron chi connectivity index (χ1n) is 4.22. The molecule has 0 amide bonds. The molecule has 1 aliphatic carbocycles. The van der Waals surface area contributed by atoms with E-state index in [1.54, 1.807) is 0 Å². The Balaban J connectivity index is 2.45. The van der Waals surface area contributed by atoms with E-state index in [-0.39, 0.29) is 5.41 Å². The van der Waals surface area contributed by atoms with Gasteiger partial charge in [-0.1, -0.05) is 19.8 Å². The highest BCUT2D eigenvalue weighted by molar-refractivity contribution is 4.87. The normalized spacial score (nSPS) is 41.7. The van der Waals surface area contributed by atoms with Crippen molar-refractivity contribution in [3.8, 4) is 0 Å². The van der Waals surface area contributed by atoms with Gasteiger partial charge in [-0.15, -0.1) is 0 Å². The minimum absolute atomic E-state index is 0.220. The van der Waals surface area contributed by atoms with E-state index in [1.165, 1.54) is 25.7 Å². The molecule has 1 rings (SSSR count). The molecule has 0 saturated heterocycles. The molecule has 59 valence electrons. The van der Waals surface area contributed by atoms with Gasteiger partial charge in [0.05, 0.1) is 0 Å². The molecule has 0 aliphatic heterocycles. The zero-order chi connectivity index (χ0) is 7.61. The second-order valence-corrected chi connectivity index (χ2v) is 3.91. The Morgan fingerprint density at radius 1 is 1.70 bits per heavy atom. The van der Waals surface area contributed by atoms with E-state index >= 15 is 0 Å². The quantitative estimate of drug-likeness (QED) is 0.592. The van der Waals surface area contributed by atoms with Crippen molar-refractivity contribution in [3.63, 3.8) is 0 Å². The Kier molecular flexibility index (Phi) is 2.35. The van der Waals surface area contributed by atoms with Gasteiger partial charge in [0, 0.05) is 0 Å². The van der Waals surface area contributed by atoms with Crippen molar-refractivity contribution >= 4 is 0 Å². The van der Waals surface area contributed by atoms with Crippen LogP contribution >= 0.6 is 0 Å². The number of hydrogen-bond acceptors (Lipinski definition) is 1. The second-order valence-electron chi connectivity index (χ2n) is 3.91. The van der Waals surface area contributed by atoms with Crippen LogP contribution < -0.4 is 5.73 Å². The lowest BCUT2D eigenvalue weighted by molar-refractivity contribution is 0.207. The molecule has 1 fully saturated rings. The van der Waals surface area contributed by atoms with E-state index < -0.39 is 0 Å². The van der Waals surface area contributed by atoms with Gasteiger partial charge < -0.3 is 5.73 Å². The van der Waals surface area contributed by atoms with Gasteiger partial charge in [-0.2, -0.15) is 0 Å². The first-order chi connectivity index (χ1) is 4.66. The van der Waals surface area contributed by atoms with Gasteiger partial charge in [-0.25, -0.2) is 0 Å². The zero-order valence-corrected chi connectivity index (χ0v) is 6.90. The Hall–Kier alpha value is -0.0400. The third-order valence-corrected chi connectivity index (χ3v) is 2.62.